The summed E-state index contributed by atoms with van der Waals surface area (Å²) in [6.07, 6.45) is 3.30. The predicted molar refractivity (Wildman–Crippen MR) is 59.5 cm³/mol. The molecule has 0 fully saturated rings. The number of fused-ring (bicyclic) bond motifs is 1. The second-order valence-electron chi connectivity index (χ2n) is 3.51. The van der Waals surface area contributed by atoms with Crippen molar-refractivity contribution >= 4 is 22.0 Å². The molecule has 1 aromatic rings. The van der Waals surface area contributed by atoms with Crippen molar-refractivity contribution in [3.63, 3.8) is 0 Å². The van der Waals surface area contributed by atoms with Crippen molar-refractivity contribution in [1.29, 1.82) is 0 Å². The van der Waals surface area contributed by atoms with Crippen molar-refractivity contribution in [3.05, 3.63) is 39.5 Å². The van der Waals surface area contributed by atoms with Crippen LogP contribution in [0.2, 0.25) is 0 Å². The Morgan fingerprint density at radius 3 is 2.69 bits per heavy atom. The normalized spacial score (nSPS) is 13.9. The molecule has 0 atom stereocenters. The fraction of sp³-hybridized carbons (Fsp3) is 0.273. The molecule has 0 aliphatic heterocycles. The van der Waals surface area contributed by atoms with Crippen LogP contribution in [0.25, 0.3) is 6.08 Å². The Hall–Kier alpha value is -0.760. The molecular weight excluding hydrogens is 226 g/mol. The number of hydrogen-bond donors (Lipinski definition) is 0. The van der Waals surface area contributed by atoms with E-state index in [2.05, 4.69) is 59.2 Å². The number of nitrogens with zero attached hydrogens (tertiary/aromatic N) is 1. The highest BCUT2D eigenvalue weighted by Crippen LogP contribution is 2.31. The lowest BCUT2D eigenvalue weighted by molar-refractivity contribution is 0.507. The van der Waals surface area contributed by atoms with Gasteiger partial charge in [0.25, 0.3) is 0 Å². The van der Waals surface area contributed by atoms with Gasteiger partial charge in [-0.2, -0.15) is 0 Å². The Bertz CT molecular complexity index is 366. The fourth-order valence-electron chi connectivity index (χ4n) is 1.60. The SMILES string of the molecule is CN(C)C1=Cc2cccc(Br)c2C1. The third-order valence-electron chi connectivity index (χ3n) is 2.41. The highest BCUT2D eigenvalue weighted by molar-refractivity contribution is 9.10. The minimum Gasteiger partial charge on any atom is -0.381 e. The molecule has 1 aliphatic rings. The molecule has 0 unspecified atom stereocenters. The zero-order chi connectivity index (χ0) is 9.42. The molecule has 2 heteroatoms. The van der Waals surface area contributed by atoms with E-state index < -0.39 is 0 Å². The summed E-state index contributed by atoms with van der Waals surface area (Å²) >= 11 is 3.57. The van der Waals surface area contributed by atoms with Gasteiger partial charge in [0, 0.05) is 30.7 Å². The lowest BCUT2D eigenvalue weighted by Gasteiger charge is -2.12. The predicted octanol–water partition coefficient (Wildman–Crippen LogP) is 2.91. The molecule has 1 aliphatic carbocycles. The van der Waals surface area contributed by atoms with Gasteiger partial charge in [-0.25, -0.2) is 0 Å². The summed E-state index contributed by atoms with van der Waals surface area (Å²) in [5.74, 6) is 0. The summed E-state index contributed by atoms with van der Waals surface area (Å²) in [6, 6.07) is 6.35. The van der Waals surface area contributed by atoms with Crippen LogP contribution < -0.4 is 0 Å². The van der Waals surface area contributed by atoms with E-state index in [1.165, 1.54) is 21.3 Å². The second kappa shape index (κ2) is 3.18. The van der Waals surface area contributed by atoms with E-state index in [4.69, 9.17) is 0 Å². The van der Waals surface area contributed by atoms with Crippen LogP contribution in [0.15, 0.2) is 28.4 Å². The first kappa shape index (κ1) is 8.82. The van der Waals surface area contributed by atoms with Crippen molar-refractivity contribution in [2.45, 2.75) is 6.42 Å². The molecule has 1 nitrogen and oxygen atoms in total. The van der Waals surface area contributed by atoms with Gasteiger partial charge in [0.1, 0.15) is 0 Å². The lowest BCUT2D eigenvalue weighted by Crippen LogP contribution is -2.10. The molecule has 68 valence electrons. The quantitative estimate of drug-likeness (QED) is 0.727. The van der Waals surface area contributed by atoms with Gasteiger partial charge < -0.3 is 4.90 Å². The summed E-state index contributed by atoms with van der Waals surface area (Å²) in [7, 11) is 4.18. The molecule has 0 amide bonds. The van der Waals surface area contributed by atoms with Gasteiger partial charge in [-0.15, -0.1) is 0 Å². The Labute approximate surface area is 87.2 Å². The average molecular weight is 238 g/mol. The van der Waals surface area contributed by atoms with Gasteiger partial charge in [-0.05, 0) is 23.3 Å². The molecular formula is C11H12BrN. The van der Waals surface area contributed by atoms with E-state index in [1.807, 2.05) is 0 Å². The van der Waals surface area contributed by atoms with E-state index >= 15 is 0 Å². The van der Waals surface area contributed by atoms with Crippen LogP contribution in [0.3, 0.4) is 0 Å². The van der Waals surface area contributed by atoms with Crippen molar-refractivity contribution < 1.29 is 0 Å². The Kier molecular flexibility index (Phi) is 2.16. The topological polar surface area (TPSA) is 3.24 Å². The molecule has 0 saturated carbocycles. The van der Waals surface area contributed by atoms with Gasteiger partial charge in [0.2, 0.25) is 0 Å². The van der Waals surface area contributed by atoms with Gasteiger partial charge in [0.05, 0.1) is 0 Å². The molecule has 0 saturated heterocycles. The number of benzene rings is 1. The average Bonchev–Trinajstić information content (AvgIpc) is 2.49. The van der Waals surface area contributed by atoms with E-state index in [-0.39, 0.29) is 0 Å². The lowest BCUT2D eigenvalue weighted by atomic mass is 10.1. The van der Waals surface area contributed by atoms with E-state index in [1.54, 1.807) is 0 Å². The van der Waals surface area contributed by atoms with Crippen LogP contribution in [0.4, 0.5) is 0 Å². The van der Waals surface area contributed by atoms with Crippen molar-refractivity contribution in [2.24, 2.45) is 0 Å². The zero-order valence-corrected chi connectivity index (χ0v) is 9.43. The molecule has 0 aromatic heterocycles. The standard InChI is InChI=1S/C11H12BrN/c1-13(2)9-6-8-4-3-5-11(12)10(8)7-9/h3-6H,7H2,1-2H3. The maximum Gasteiger partial charge on any atom is 0.0217 e. The number of hydrogen-bond acceptors (Lipinski definition) is 1. The molecule has 0 radical (unpaired) electrons. The summed E-state index contributed by atoms with van der Waals surface area (Å²) in [5.41, 5.74) is 4.13. The van der Waals surface area contributed by atoms with Gasteiger partial charge in [-0.3, -0.25) is 0 Å². The highest BCUT2D eigenvalue weighted by Gasteiger charge is 2.15. The van der Waals surface area contributed by atoms with Crippen LogP contribution in [0.5, 0.6) is 0 Å². The zero-order valence-electron chi connectivity index (χ0n) is 7.84. The van der Waals surface area contributed by atoms with Crippen LogP contribution in [0.1, 0.15) is 11.1 Å². The molecule has 1 aromatic carbocycles. The van der Waals surface area contributed by atoms with Gasteiger partial charge >= 0.3 is 0 Å². The number of halogens is 1. The van der Waals surface area contributed by atoms with Crippen LogP contribution in [-0.2, 0) is 6.42 Å². The van der Waals surface area contributed by atoms with Crippen LogP contribution in [-0.4, -0.2) is 19.0 Å². The molecule has 0 N–H and O–H groups in total. The molecule has 13 heavy (non-hydrogen) atoms. The minimum atomic E-state index is 1.05. The monoisotopic (exact) mass is 237 g/mol. The molecule has 0 bridgehead atoms. The molecule has 0 spiro atoms. The Morgan fingerprint density at radius 1 is 1.31 bits per heavy atom. The summed E-state index contributed by atoms with van der Waals surface area (Å²) in [5, 5.41) is 0. The number of allylic oxidation sites excluding steroid dienone is 1. The van der Waals surface area contributed by atoms with E-state index in [0.717, 1.165) is 6.42 Å². The smallest absolute Gasteiger partial charge is 0.0217 e. The first-order valence-electron chi connectivity index (χ1n) is 4.34. The van der Waals surface area contributed by atoms with E-state index in [9.17, 15) is 0 Å². The second-order valence-corrected chi connectivity index (χ2v) is 4.37. The fourth-order valence-corrected chi connectivity index (χ4v) is 2.12. The van der Waals surface area contributed by atoms with Gasteiger partial charge in [-0.1, -0.05) is 28.1 Å². The van der Waals surface area contributed by atoms with Crippen molar-refractivity contribution in [2.75, 3.05) is 14.1 Å². The van der Waals surface area contributed by atoms with Crippen LogP contribution in [0, 0.1) is 0 Å². The van der Waals surface area contributed by atoms with Crippen LogP contribution >= 0.6 is 15.9 Å². The third-order valence-corrected chi connectivity index (χ3v) is 3.15. The first-order valence-corrected chi connectivity index (χ1v) is 5.13. The number of rotatable bonds is 1. The molecule has 0 heterocycles. The van der Waals surface area contributed by atoms with Crippen molar-refractivity contribution in [1.82, 2.24) is 4.90 Å². The van der Waals surface area contributed by atoms with Crippen molar-refractivity contribution in [3.8, 4) is 0 Å². The summed E-state index contributed by atoms with van der Waals surface area (Å²) < 4.78 is 1.22. The Morgan fingerprint density at radius 2 is 2.08 bits per heavy atom. The molecule has 2 rings (SSSR count). The van der Waals surface area contributed by atoms with Gasteiger partial charge in [0.15, 0.2) is 0 Å². The summed E-state index contributed by atoms with van der Waals surface area (Å²) in [6.45, 7) is 0. The minimum absolute atomic E-state index is 1.05. The maximum atomic E-state index is 3.57. The number of likely N-dealkylation sites (N-methyl/N-ethyl adjacent to an activating group) is 1. The Balaban J connectivity index is 2.41. The highest BCUT2D eigenvalue weighted by atomic mass is 79.9. The summed E-state index contributed by atoms with van der Waals surface area (Å²) in [4.78, 5) is 2.17. The maximum absolute atomic E-state index is 3.57. The van der Waals surface area contributed by atoms with E-state index in [0.29, 0.717) is 0 Å². The third kappa shape index (κ3) is 1.51. The first-order chi connectivity index (χ1) is 6.18. The largest absolute Gasteiger partial charge is 0.381 e.